The lowest BCUT2D eigenvalue weighted by Crippen LogP contribution is -2.30. The Morgan fingerprint density at radius 2 is 1.78 bits per heavy atom. The summed E-state index contributed by atoms with van der Waals surface area (Å²) in [6.07, 6.45) is 0.445. The molecule has 1 amide bonds. The van der Waals surface area contributed by atoms with Crippen molar-refractivity contribution in [2.24, 2.45) is 0 Å². The monoisotopic (exact) mass is 430 g/mol. The van der Waals surface area contributed by atoms with Crippen LogP contribution in [0.2, 0.25) is 0 Å². The highest BCUT2D eigenvalue weighted by Gasteiger charge is 2.32. The summed E-state index contributed by atoms with van der Waals surface area (Å²) in [5.74, 6) is 0.588. The molecule has 0 radical (unpaired) electrons. The number of benzene rings is 2. The first-order valence-corrected chi connectivity index (χ1v) is 10.9. The number of hydrogen-bond acceptors (Lipinski definition) is 5. The number of nitrogens with one attached hydrogen (secondary N) is 1. The van der Waals surface area contributed by atoms with Crippen LogP contribution in [0.4, 0.5) is 10.7 Å². The third-order valence-corrected chi connectivity index (χ3v) is 6.37. The summed E-state index contributed by atoms with van der Waals surface area (Å²) in [6.45, 7) is 1.40. The molecule has 2 aliphatic rings. The van der Waals surface area contributed by atoms with Crippen LogP contribution in [0.15, 0.2) is 59.4 Å². The molecule has 0 bridgehead atoms. The van der Waals surface area contributed by atoms with Gasteiger partial charge in [-0.3, -0.25) is 9.78 Å². The molecule has 1 aliphatic heterocycles. The molecule has 1 aromatic heterocycles. The van der Waals surface area contributed by atoms with Crippen LogP contribution in [-0.4, -0.2) is 54.8 Å². The lowest BCUT2D eigenvalue weighted by Gasteiger charge is -2.19. The first-order chi connectivity index (χ1) is 15.5. The Morgan fingerprint density at radius 1 is 1.12 bits per heavy atom. The van der Waals surface area contributed by atoms with E-state index in [1.807, 2.05) is 38.4 Å². The third kappa shape index (κ3) is 3.64. The minimum absolute atomic E-state index is 0.0245. The first-order valence-electron chi connectivity index (χ1n) is 10.9. The molecule has 164 valence electrons. The molecule has 2 aromatic carbocycles. The Hall–Kier alpha value is -3.61. The van der Waals surface area contributed by atoms with Gasteiger partial charge in [0.25, 0.3) is 5.56 Å². The zero-order chi connectivity index (χ0) is 22.2. The zero-order valence-corrected chi connectivity index (χ0v) is 18.2. The number of ether oxygens (including phenoxy) is 1. The van der Waals surface area contributed by atoms with Gasteiger partial charge >= 0.3 is 6.09 Å². The molecule has 1 unspecified atom stereocenters. The molecule has 7 heteroatoms. The molecule has 1 aliphatic carbocycles. The van der Waals surface area contributed by atoms with Crippen molar-refractivity contribution >= 4 is 12.0 Å². The SMILES string of the molecule is CN(C)c1nc(C2CCN(C(=O)OCC3c4ccccc4-c4ccccc43)C2)cc(=O)[nH]1. The van der Waals surface area contributed by atoms with Crippen LogP contribution in [0.3, 0.4) is 0 Å². The lowest BCUT2D eigenvalue weighted by molar-refractivity contribution is 0.107. The first kappa shape index (κ1) is 20.3. The second-order valence-electron chi connectivity index (χ2n) is 8.62. The number of aromatic nitrogens is 2. The van der Waals surface area contributed by atoms with Gasteiger partial charge < -0.3 is 14.5 Å². The molecule has 3 aromatic rings. The Labute approximate surface area is 186 Å². The Bertz CT molecular complexity index is 1170. The molecular weight excluding hydrogens is 404 g/mol. The molecule has 0 spiro atoms. The van der Waals surface area contributed by atoms with E-state index in [0.717, 1.165) is 6.42 Å². The fourth-order valence-electron chi connectivity index (χ4n) is 4.74. The summed E-state index contributed by atoms with van der Waals surface area (Å²) < 4.78 is 5.78. The molecule has 1 saturated heterocycles. The second-order valence-corrected chi connectivity index (χ2v) is 8.62. The van der Waals surface area contributed by atoms with Crippen molar-refractivity contribution in [2.45, 2.75) is 18.3 Å². The van der Waals surface area contributed by atoms with E-state index in [1.54, 1.807) is 9.80 Å². The van der Waals surface area contributed by atoms with Gasteiger partial charge in [0.1, 0.15) is 6.61 Å². The molecule has 5 rings (SSSR count). The van der Waals surface area contributed by atoms with Crippen LogP contribution in [0.1, 0.15) is 35.1 Å². The van der Waals surface area contributed by atoms with E-state index >= 15 is 0 Å². The maximum absolute atomic E-state index is 12.9. The van der Waals surface area contributed by atoms with Crippen LogP contribution in [-0.2, 0) is 4.74 Å². The van der Waals surface area contributed by atoms with E-state index in [-0.39, 0.29) is 23.5 Å². The predicted molar refractivity (Wildman–Crippen MR) is 123 cm³/mol. The van der Waals surface area contributed by atoms with Crippen LogP contribution in [0.25, 0.3) is 11.1 Å². The quantitative estimate of drug-likeness (QED) is 0.685. The number of amides is 1. The van der Waals surface area contributed by atoms with Gasteiger partial charge in [-0.15, -0.1) is 0 Å². The summed E-state index contributed by atoms with van der Waals surface area (Å²) in [5.41, 5.74) is 5.35. The second kappa shape index (κ2) is 8.15. The Morgan fingerprint density at radius 3 is 2.44 bits per heavy atom. The topological polar surface area (TPSA) is 78.5 Å². The number of nitrogens with zero attached hydrogens (tertiary/aromatic N) is 3. The van der Waals surface area contributed by atoms with Crippen molar-refractivity contribution < 1.29 is 9.53 Å². The molecule has 7 nitrogen and oxygen atoms in total. The lowest BCUT2D eigenvalue weighted by atomic mass is 9.98. The molecule has 2 heterocycles. The highest BCUT2D eigenvalue weighted by atomic mass is 16.6. The predicted octanol–water partition coefficient (Wildman–Crippen LogP) is 3.57. The van der Waals surface area contributed by atoms with Gasteiger partial charge in [0, 0.05) is 45.1 Å². The zero-order valence-electron chi connectivity index (χ0n) is 18.2. The maximum atomic E-state index is 12.9. The van der Waals surface area contributed by atoms with Crippen molar-refractivity contribution in [3.63, 3.8) is 0 Å². The number of rotatable bonds is 4. The summed E-state index contributed by atoms with van der Waals surface area (Å²) in [6, 6.07) is 18.1. The van der Waals surface area contributed by atoms with E-state index in [0.29, 0.717) is 31.3 Å². The Kier molecular flexibility index (Phi) is 5.17. The van der Waals surface area contributed by atoms with Crippen molar-refractivity contribution in [1.29, 1.82) is 0 Å². The number of fused-ring (bicyclic) bond motifs is 3. The Balaban J connectivity index is 1.27. The molecule has 1 fully saturated rings. The van der Waals surface area contributed by atoms with Gasteiger partial charge in [0.2, 0.25) is 5.95 Å². The van der Waals surface area contributed by atoms with Gasteiger partial charge in [0.15, 0.2) is 0 Å². The van der Waals surface area contributed by atoms with Gasteiger partial charge in [-0.25, -0.2) is 9.78 Å². The summed E-state index contributed by atoms with van der Waals surface area (Å²) in [5, 5.41) is 0. The fourth-order valence-corrected chi connectivity index (χ4v) is 4.74. The minimum atomic E-state index is -0.313. The highest BCUT2D eigenvalue weighted by Crippen LogP contribution is 2.44. The van der Waals surface area contributed by atoms with Crippen LogP contribution in [0.5, 0.6) is 0 Å². The number of anilines is 1. The molecule has 1 N–H and O–H groups in total. The van der Waals surface area contributed by atoms with E-state index in [1.165, 1.54) is 28.3 Å². The third-order valence-electron chi connectivity index (χ3n) is 6.37. The summed E-state index contributed by atoms with van der Waals surface area (Å²) in [4.78, 5) is 35.6. The molecule has 1 atom stereocenters. The van der Waals surface area contributed by atoms with Crippen molar-refractivity contribution in [3.05, 3.63) is 81.8 Å². The summed E-state index contributed by atoms with van der Waals surface area (Å²) >= 11 is 0. The highest BCUT2D eigenvalue weighted by molar-refractivity contribution is 5.79. The average Bonchev–Trinajstić information content (AvgIpc) is 3.41. The average molecular weight is 431 g/mol. The minimum Gasteiger partial charge on any atom is -0.448 e. The van der Waals surface area contributed by atoms with Crippen LogP contribution >= 0.6 is 0 Å². The van der Waals surface area contributed by atoms with Crippen molar-refractivity contribution in [2.75, 3.05) is 38.7 Å². The molecule has 32 heavy (non-hydrogen) atoms. The maximum Gasteiger partial charge on any atom is 0.409 e. The largest absolute Gasteiger partial charge is 0.448 e. The van der Waals surface area contributed by atoms with E-state index in [9.17, 15) is 9.59 Å². The fraction of sp³-hybridized carbons (Fsp3) is 0.320. The number of carbonyl (C=O) groups is 1. The number of H-pyrrole nitrogens is 1. The van der Waals surface area contributed by atoms with Gasteiger partial charge in [-0.2, -0.15) is 0 Å². The van der Waals surface area contributed by atoms with Crippen LogP contribution < -0.4 is 10.5 Å². The van der Waals surface area contributed by atoms with Gasteiger partial charge in [-0.05, 0) is 28.7 Å². The van der Waals surface area contributed by atoms with Gasteiger partial charge in [0.05, 0.1) is 5.69 Å². The smallest absolute Gasteiger partial charge is 0.409 e. The standard InChI is InChI=1S/C25H26N4O3/c1-28(2)24-26-22(13-23(30)27-24)16-11-12-29(14-16)25(31)32-15-21-19-9-5-3-7-17(19)18-8-4-6-10-20(18)21/h3-10,13,16,21H,11-12,14-15H2,1-2H3,(H,26,27,30). The van der Waals surface area contributed by atoms with E-state index in [4.69, 9.17) is 4.74 Å². The number of likely N-dealkylation sites (tertiary alicyclic amines) is 1. The van der Waals surface area contributed by atoms with E-state index < -0.39 is 0 Å². The number of aromatic amines is 1. The summed E-state index contributed by atoms with van der Waals surface area (Å²) in [7, 11) is 3.67. The number of hydrogen-bond donors (Lipinski definition) is 1. The van der Waals surface area contributed by atoms with Crippen molar-refractivity contribution in [1.82, 2.24) is 14.9 Å². The van der Waals surface area contributed by atoms with Crippen molar-refractivity contribution in [3.8, 4) is 11.1 Å². The molecular formula is C25H26N4O3. The normalized spacial score (nSPS) is 17.2. The van der Waals surface area contributed by atoms with Crippen LogP contribution in [0, 0.1) is 0 Å². The number of carbonyl (C=O) groups excluding carboxylic acids is 1. The van der Waals surface area contributed by atoms with E-state index in [2.05, 4.69) is 34.2 Å². The van der Waals surface area contributed by atoms with Gasteiger partial charge in [-0.1, -0.05) is 48.5 Å². The molecule has 0 saturated carbocycles.